The summed E-state index contributed by atoms with van der Waals surface area (Å²) in [7, 11) is 0. The number of amides is 1. The molecule has 0 saturated carbocycles. The molecule has 0 fully saturated rings. The molecule has 74 valence electrons. The van der Waals surface area contributed by atoms with Crippen molar-refractivity contribution in [1.82, 2.24) is 4.98 Å². The number of anilines is 1. The zero-order valence-corrected chi connectivity index (χ0v) is 9.11. The molecule has 1 N–H and O–H groups in total. The van der Waals surface area contributed by atoms with Gasteiger partial charge in [0.05, 0.1) is 4.83 Å². The normalized spacial score (nSPS) is 11.9. The fraction of sp³-hybridized carbons (Fsp3) is 0.222. The number of carbonyl (C=O) groups excluding carboxylic acids is 2. The van der Waals surface area contributed by atoms with Crippen molar-refractivity contribution < 1.29 is 9.59 Å². The standard InChI is InChI=1S/C9H9BrN2O2/c1-6(14)12-9-3-2-7(4-11-9)8(10)5-13/h2-5,8H,1H3,(H,11,12,14). The van der Waals surface area contributed by atoms with Crippen molar-refractivity contribution in [2.75, 3.05) is 5.32 Å². The number of pyridine rings is 1. The summed E-state index contributed by atoms with van der Waals surface area (Å²) in [6.45, 7) is 1.41. The summed E-state index contributed by atoms with van der Waals surface area (Å²) in [5.74, 6) is 0.308. The maximum absolute atomic E-state index is 10.7. The van der Waals surface area contributed by atoms with Crippen LogP contribution < -0.4 is 5.32 Å². The Hall–Kier alpha value is -1.23. The zero-order valence-electron chi connectivity index (χ0n) is 7.53. The molecule has 1 amide bonds. The molecular formula is C9H9BrN2O2. The van der Waals surface area contributed by atoms with Crippen LogP contribution in [0.3, 0.4) is 0 Å². The van der Waals surface area contributed by atoms with Crippen LogP contribution in [0.4, 0.5) is 5.82 Å². The highest BCUT2D eigenvalue weighted by Gasteiger charge is 2.05. The first-order chi connectivity index (χ1) is 6.63. The number of halogens is 1. The number of aromatic nitrogens is 1. The number of nitrogens with zero attached hydrogens (tertiary/aromatic N) is 1. The number of rotatable bonds is 3. The van der Waals surface area contributed by atoms with Gasteiger partial charge in [-0.25, -0.2) is 4.98 Å². The van der Waals surface area contributed by atoms with Gasteiger partial charge in [-0.1, -0.05) is 22.0 Å². The van der Waals surface area contributed by atoms with Crippen molar-refractivity contribution in [3.8, 4) is 0 Å². The molecule has 0 aliphatic heterocycles. The second kappa shape index (κ2) is 4.85. The average molecular weight is 257 g/mol. The predicted molar refractivity (Wildman–Crippen MR) is 56.3 cm³/mol. The maximum Gasteiger partial charge on any atom is 0.222 e. The molecule has 0 spiro atoms. The van der Waals surface area contributed by atoms with Gasteiger partial charge in [-0.05, 0) is 11.6 Å². The Bertz CT molecular complexity index is 337. The van der Waals surface area contributed by atoms with Gasteiger partial charge in [-0.2, -0.15) is 0 Å². The van der Waals surface area contributed by atoms with Crippen molar-refractivity contribution >= 4 is 33.9 Å². The highest BCUT2D eigenvalue weighted by atomic mass is 79.9. The molecule has 1 rings (SSSR count). The molecule has 1 aromatic rings. The first kappa shape index (κ1) is 10.8. The monoisotopic (exact) mass is 256 g/mol. The molecule has 1 atom stereocenters. The Morgan fingerprint density at radius 3 is 2.79 bits per heavy atom. The van der Waals surface area contributed by atoms with Crippen molar-refractivity contribution in [3.05, 3.63) is 23.9 Å². The minimum atomic E-state index is -0.346. The third-order valence-electron chi connectivity index (χ3n) is 1.53. The maximum atomic E-state index is 10.7. The lowest BCUT2D eigenvalue weighted by molar-refractivity contribution is -0.114. The number of nitrogens with one attached hydrogen (secondary N) is 1. The van der Waals surface area contributed by atoms with Crippen LogP contribution >= 0.6 is 15.9 Å². The molecule has 14 heavy (non-hydrogen) atoms. The van der Waals surface area contributed by atoms with Gasteiger partial charge in [-0.3, -0.25) is 4.79 Å². The highest BCUT2D eigenvalue weighted by Crippen LogP contribution is 2.19. The van der Waals surface area contributed by atoms with Crippen LogP contribution in [0.15, 0.2) is 18.3 Å². The van der Waals surface area contributed by atoms with Gasteiger partial charge in [-0.15, -0.1) is 0 Å². The molecule has 1 aromatic heterocycles. The summed E-state index contributed by atoms with van der Waals surface area (Å²) in [5, 5.41) is 2.54. The lowest BCUT2D eigenvalue weighted by atomic mass is 10.2. The van der Waals surface area contributed by atoms with Crippen LogP contribution in [0.25, 0.3) is 0 Å². The van der Waals surface area contributed by atoms with E-state index in [-0.39, 0.29) is 10.7 Å². The summed E-state index contributed by atoms with van der Waals surface area (Å²) in [6, 6.07) is 3.38. The summed E-state index contributed by atoms with van der Waals surface area (Å²) in [4.78, 5) is 24.7. The van der Waals surface area contributed by atoms with Gasteiger partial charge < -0.3 is 10.1 Å². The Morgan fingerprint density at radius 2 is 2.36 bits per heavy atom. The molecule has 5 heteroatoms. The van der Waals surface area contributed by atoms with E-state index in [1.54, 1.807) is 18.3 Å². The average Bonchev–Trinajstić information content (AvgIpc) is 2.17. The van der Waals surface area contributed by atoms with Crippen LogP contribution in [-0.4, -0.2) is 17.2 Å². The predicted octanol–water partition coefficient (Wildman–Crippen LogP) is 1.67. The van der Waals surface area contributed by atoms with E-state index in [9.17, 15) is 9.59 Å². The van der Waals surface area contributed by atoms with Crippen LogP contribution in [0.1, 0.15) is 17.3 Å². The van der Waals surface area contributed by atoms with E-state index in [1.165, 1.54) is 6.92 Å². The van der Waals surface area contributed by atoms with E-state index in [0.717, 1.165) is 11.8 Å². The van der Waals surface area contributed by atoms with Crippen molar-refractivity contribution in [2.24, 2.45) is 0 Å². The van der Waals surface area contributed by atoms with Crippen molar-refractivity contribution in [1.29, 1.82) is 0 Å². The molecule has 0 radical (unpaired) electrons. The van der Waals surface area contributed by atoms with Crippen LogP contribution in [0, 0.1) is 0 Å². The largest absolute Gasteiger partial charge is 0.311 e. The van der Waals surface area contributed by atoms with Gasteiger partial charge in [0.2, 0.25) is 5.91 Å². The topological polar surface area (TPSA) is 59.1 Å². The van der Waals surface area contributed by atoms with E-state index in [2.05, 4.69) is 26.2 Å². The highest BCUT2D eigenvalue weighted by molar-refractivity contribution is 9.09. The molecule has 0 saturated heterocycles. The Balaban J connectivity index is 2.78. The molecule has 1 unspecified atom stereocenters. The molecule has 0 aliphatic carbocycles. The molecular weight excluding hydrogens is 248 g/mol. The Labute approximate surface area is 89.9 Å². The molecule has 0 aromatic carbocycles. The first-order valence-electron chi connectivity index (χ1n) is 3.96. The number of alkyl halides is 1. The van der Waals surface area contributed by atoms with Gasteiger partial charge >= 0.3 is 0 Å². The van der Waals surface area contributed by atoms with E-state index >= 15 is 0 Å². The SMILES string of the molecule is CC(=O)Nc1ccc(C(Br)C=O)cn1. The number of hydrogen-bond donors (Lipinski definition) is 1. The quantitative estimate of drug-likeness (QED) is 0.662. The summed E-state index contributed by atoms with van der Waals surface area (Å²) >= 11 is 3.16. The fourth-order valence-corrected chi connectivity index (χ4v) is 1.17. The van der Waals surface area contributed by atoms with Crippen LogP contribution in [0.2, 0.25) is 0 Å². The van der Waals surface area contributed by atoms with Crippen molar-refractivity contribution in [3.63, 3.8) is 0 Å². The number of hydrogen-bond acceptors (Lipinski definition) is 3. The Kier molecular flexibility index (Phi) is 3.76. The lowest BCUT2D eigenvalue weighted by Gasteiger charge is -2.03. The minimum absolute atomic E-state index is 0.170. The van der Waals surface area contributed by atoms with E-state index < -0.39 is 0 Å². The Morgan fingerprint density at radius 1 is 1.64 bits per heavy atom. The van der Waals surface area contributed by atoms with E-state index in [1.807, 2.05) is 0 Å². The molecule has 1 heterocycles. The van der Waals surface area contributed by atoms with Crippen LogP contribution in [-0.2, 0) is 9.59 Å². The van der Waals surface area contributed by atoms with Crippen LogP contribution in [0.5, 0.6) is 0 Å². The molecule has 0 aliphatic rings. The van der Waals surface area contributed by atoms with Gasteiger partial charge in [0.25, 0.3) is 0 Å². The zero-order chi connectivity index (χ0) is 10.6. The van der Waals surface area contributed by atoms with Crippen molar-refractivity contribution in [2.45, 2.75) is 11.8 Å². The second-order valence-electron chi connectivity index (χ2n) is 2.70. The number of carbonyl (C=O) groups is 2. The van der Waals surface area contributed by atoms with Gasteiger partial charge in [0.15, 0.2) is 0 Å². The van der Waals surface area contributed by atoms with E-state index in [0.29, 0.717) is 5.82 Å². The fourth-order valence-electron chi connectivity index (χ4n) is 0.901. The smallest absolute Gasteiger partial charge is 0.222 e. The minimum Gasteiger partial charge on any atom is -0.311 e. The summed E-state index contributed by atoms with van der Waals surface area (Å²) in [5.41, 5.74) is 0.758. The first-order valence-corrected chi connectivity index (χ1v) is 4.88. The molecule has 0 bridgehead atoms. The summed E-state index contributed by atoms with van der Waals surface area (Å²) in [6.07, 6.45) is 2.31. The van der Waals surface area contributed by atoms with Gasteiger partial charge in [0, 0.05) is 13.1 Å². The van der Waals surface area contributed by atoms with E-state index in [4.69, 9.17) is 0 Å². The second-order valence-corrected chi connectivity index (χ2v) is 3.68. The molecule has 4 nitrogen and oxygen atoms in total. The lowest BCUT2D eigenvalue weighted by Crippen LogP contribution is -2.07. The third-order valence-corrected chi connectivity index (χ3v) is 2.27. The number of aldehydes is 1. The van der Waals surface area contributed by atoms with Gasteiger partial charge in [0.1, 0.15) is 12.1 Å². The summed E-state index contributed by atoms with van der Waals surface area (Å²) < 4.78 is 0. The third kappa shape index (κ3) is 2.92.